The largest absolute Gasteiger partial charge is 0.480 e. The summed E-state index contributed by atoms with van der Waals surface area (Å²) < 4.78 is 1.07. The van der Waals surface area contributed by atoms with Gasteiger partial charge in [0.05, 0.1) is 5.69 Å². The topological polar surface area (TPSA) is 94.0 Å². The van der Waals surface area contributed by atoms with E-state index in [-0.39, 0.29) is 0 Å². The fourth-order valence-corrected chi connectivity index (χ4v) is 2.04. The molecule has 0 aliphatic carbocycles. The molecule has 90 valence electrons. The summed E-state index contributed by atoms with van der Waals surface area (Å²) in [5, 5.41) is 16.6. The van der Waals surface area contributed by atoms with Crippen molar-refractivity contribution in [3.8, 4) is 0 Å². The lowest BCUT2D eigenvalue weighted by atomic mass is 10.1. The van der Waals surface area contributed by atoms with E-state index in [0.29, 0.717) is 5.75 Å². The van der Waals surface area contributed by atoms with Crippen LogP contribution in [0.2, 0.25) is 0 Å². The molecule has 0 saturated carbocycles. The molecule has 1 aromatic rings. The third-order valence-corrected chi connectivity index (χ3v) is 3.70. The predicted octanol–water partition coefficient (Wildman–Crippen LogP) is 0.239. The predicted molar refractivity (Wildman–Crippen MR) is 62.0 cm³/mol. The smallest absolute Gasteiger partial charge is 0.321 e. The summed E-state index contributed by atoms with van der Waals surface area (Å²) >= 11 is 1.46. The number of thioether (sulfide) groups is 1. The molecule has 0 fully saturated rings. The van der Waals surface area contributed by atoms with Crippen LogP contribution in [0.15, 0.2) is 6.20 Å². The van der Waals surface area contributed by atoms with Crippen LogP contribution >= 0.6 is 11.8 Å². The number of aliphatic carboxylic acids is 1. The van der Waals surface area contributed by atoms with Crippen LogP contribution in [0.5, 0.6) is 0 Å². The summed E-state index contributed by atoms with van der Waals surface area (Å²) in [5.74, 6) is -0.390. The van der Waals surface area contributed by atoms with Crippen LogP contribution in [0.25, 0.3) is 0 Å². The molecule has 1 rings (SSSR count). The second-order valence-corrected chi connectivity index (χ2v) is 5.72. The molecule has 7 heteroatoms. The second-order valence-electron chi connectivity index (χ2n) is 4.09. The monoisotopic (exact) mass is 244 g/mol. The first-order chi connectivity index (χ1) is 7.33. The minimum absolute atomic E-state index is 0.538. The van der Waals surface area contributed by atoms with Gasteiger partial charge in [-0.2, -0.15) is 0 Å². The lowest BCUT2D eigenvalue weighted by Crippen LogP contribution is -2.46. The number of aromatic nitrogens is 3. The summed E-state index contributed by atoms with van der Waals surface area (Å²) in [6.45, 7) is 3.62. The number of hydrogen-bond acceptors (Lipinski definition) is 5. The SMILES string of the molecule is Cn1cc(CSC(C)(C)[C@H](N)C(=O)O)nn1. The maximum Gasteiger partial charge on any atom is 0.321 e. The lowest BCUT2D eigenvalue weighted by molar-refractivity contribution is -0.139. The molecule has 0 amide bonds. The van der Waals surface area contributed by atoms with Crippen molar-refractivity contribution >= 4 is 17.7 Å². The van der Waals surface area contributed by atoms with Gasteiger partial charge in [0.25, 0.3) is 0 Å². The number of rotatable bonds is 5. The molecule has 0 saturated heterocycles. The van der Waals surface area contributed by atoms with Gasteiger partial charge >= 0.3 is 5.97 Å². The molecule has 0 aliphatic rings. The Hall–Kier alpha value is -1.08. The third kappa shape index (κ3) is 3.21. The van der Waals surface area contributed by atoms with Gasteiger partial charge in [-0.3, -0.25) is 9.48 Å². The Kier molecular flexibility index (Phi) is 3.93. The normalized spacial score (nSPS) is 13.8. The number of hydrogen-bond donors (Lipinski definition) is 2. The third-order valence-electron chi connectivity index (χ3n) is 2.26. The Morgan fingerprint density at radius 3 is 2.81 bits per heavy atom. The highest BCUT2D eigenvalue weighted by Crippen LogP contribution is 2.29. The molecule has 3 N–H and O–H groups in total. The average Bonchev–Trinajstić information content (AvgIpc) is 2.60. The molecule has 0 aliphatic heterocycles. The van der Waals surface area contributed by atoms with Gasteiger partial charge in [0.2, 0.25) is 0 Å². The zero-order valence-electron chi connectivity index (χ0n) is 9.54. The molecule has 6 nitrogen and oxygen atoms in total. The Morgan fingerprint density at radius 2 is 2.38 bits per heavy atom. The van der Waals surface area contributed by atoms with Crippen LogP contribution in [0.4, 0.5) is 0 Å². The van der Waals surface area contributed by atoms with Crippen molar-refractivity contribution in [1.82, 2.24) is 15.0 Å². The zero-order chi connectivity index (χ0) is 12.3. The maximum atomic E-state index is 10.8. The molecule has 0 aromatic carbocycles. The van der Waals surface area contributed by atoms with E-state index in [1.54, 1.807) is 17.9 Å². The minimum Gasteiger partial charge on any atom is -0.480 e. The van der Waals surface area contributed by atoms with Gasteiger partial charge in [0.15, 0.2) is 0 Å². The second kappa shape index (κ2) is 4.84. The number of carboxylic acid groups (broad SMARTS) is 1. The Labute approximate surface area is 98.2 Å². The first-order valence-electron chi connectivity index (χ1n) is 4.80. The first-order valence-corrected chi connectivity index (χ1v) is 5.79. The van der Waals surface area contributed by atoms with E-state index in [9.17, 15) is 4.79 Å². The maximum absolute atomic E-state index is 10.8. The fraction of sp³-hybridized carbons (Fsp3) is 0.667. The van der Waals surface area contributed by atoms with E-state index in [4.69, 9.17) is 10.8 Å². The molecular weight excluding hydrogens is 228 g/mol. The summed E-state index contributed by atoms with van der Waals surface area (Å²) in [6.07, 6.45) is 1.80. The Balaban J connectivity index is 2.57. The highest BCUT2D eigenvalue weighted by Gasteiger charge is 2.32. The molecule has 1 atom stereocenters. The molecule has 0 radical (unpaired) electrons. The average molecular weight is 244 g/mol. The van der Waals surface area contributed by atoms with Gasteiger partial charge in [-0.15, -0.1) is 16.9 Å². The minimum atomic E-state index is -0.989. The number of carboxylic acids is 1. The van der Waals surface area contributed by atoms with Crippen molar-refractivity contribution in [3.63, 3.8) is 0 Å². The number of carbonyl (C=O) groups is 1. The first kappa shape index (κ1) is 13.0. The standard InChI is InChI=1S/C9H16N4O2S/c1-9(2,7(10)8(14)15)16-5-6-4-13(3)12-11-6/h4,7H,5,10H2,1-3H3,(H,14,15)/t7-/m1/s1. The van der Waals surface area contributed by atoms with Crippen molar-refractivity contribution < 1.29 is 9.90 Å². The van der Waals surface area contributed by atoms with Gasteiger partial charge < -0.3 is 10.8 Å². The molecule has 1 heterocycles. The fourth-order valence-electron chi connectivity index (χ4n) is 1.11. The van der Waals surface area contributed by atoms with Gasteiger partial charge in [-0.1, -0.05) is 5.21 Å². The Morgan fingerprint density at radius 1 is 1.75 bits per heavy atom. The van der Waals surface area contributed by atoms with E-state index in [2.05, 4.69) is 10.3 Å². The molecule has 0 spiro atoms. The molecule has 1 aromatic heterocycles. The highest BCUT2D eigenvalue weighted by atomic mass is 32.2. The number of aryl methyl sites for hydroxylation is 1. The molecular formula is C9H16N4O2S. The van der Waals surface area contributed by atoms with Gasteiger partial charge in [-0.05, 0) is 13.8 Å². The van der Waals surface area contributed by atoms with Crippen LogP contribution in [0, 0.1) is 0 Å². The van der Waals surface area contributed by atoms with Gasteiger partial charge in [-0.25, -0.2) is 0 Å². The number of nitrogens with zero attached hydrogens (tertiary/aromatic N) is 3. The van der Waals surface area contributed by atoms with Crippen molar-refractivity contribution in [1.29, 1.82) is 0 Å². The van der Waals surface area contributed by atoms with E-state index in [1.807, 2.05) is 13.8 Å². The lowest BCUT2D eigenvalue weighted by Gasteiger charge is -2.27. The number of nitrogens with two attached hydrogens (primary N) is 1. The van der Waals surface area contributed by atoms with Crippen molar-refractivity contribution in [3.05, 3.63) is 11.9 Å². The van der Waals surface area contributed by atoms with Crippen LogP contribution in [0.3, 0.4) is 0 Å². The van der Waals surface area contributed by atoms with Crippen LogP contribution in [-0.2, 0) is 17.6 Å². The van der Waals surface area contributed by atoms with E-state index in [1.165, 1.54) is 11.8 Å². The van der Waals surface area contributed by atoms with E-state index in [0.717, 1.165) is 5.69 Å². The van der Waals surface area contributed by atoms with Crippen LogP contribution < -0.4 is 5.73 Å². The quantitative estimate of drug-likeness (QED) is 0.770. The highest BCUT2D eigenvalue weighted by molar-refractivity contribution is 7.99. The molecule has 0 bridgehead atoms. The van der Waals surface area contributed by atoms with Crippen molar-refractivity contribution in [2.45, 2.75) is 30.4 Å². The van der Waals surface area contributed by atoms with Gasteiger partial charge in [0, 0.05) is 23.7 Å². The van der Waals surface area contributed by atoms with Crippen LogP contribution in [-0.4, -0.2) is 36.9 Å². The molecule has 16 heavy (non-hydrogen) atoms. The van der Waals surface area contributed by atoms with Gasteiger partial charge in [0.1, 0.15) is 6.04 Å². The Bertz CT molecular complexity index is 377. The summed E-state index contributed by atoms with van der Waals surface area (Å²) in [5.41, 5.74) is 6.42. The summed E-state index contributed by atoms with van der Waals surface area (Å²) in [4.78, 5) is 10.8. The van der Waals surface area contributed by atoms with Crippen molar-refractivity contribution in [2.24, 2.45) is 12.8 Å². The zero-order valence-corrected chi connectivity index (χ0v) is 10.4. The van der Waals surface area contributed by atoms with Crippen molar-refractivity contribution in [2.75, 3.05) is 0 Å². The molecule has 0 unspecified atom stereocenters. The van der Waals surface area contributed by atoms with E-state index >= 15 is 0 Å². The summed E-state index contributed by atoms with van der Waals surface area (Å²) in [7, 11) is 1.79. The van der Waals surface area contributed by atoms with Crippen LogP contribution in [0.1, 0.15) is 19.5 Å². The van der Waals surface area contributed by atoms with E-state index < -0.39 is 16.8 Å². The summed E-state index contributed by atoms with van der Waals surface area (Å²) in [6, 6.07) is -0.894.